The number of carbonyl (C=O) groups excluding carboxylic acids is 1. The first-order valence-corrected chi connectivity index (χ1v) is 7.63. The number of benzene rings is 1. The van der Waals surface area contributed by atoms with E-state index < -0.39 is 0 Å². The Kier molecular flexibility index (Phi) is 4.57. The summed E-state index contributed by atoms with van der Waals surface area (Å²) >= 11 is 0. The molecule has 0 bridgehead atoms. The third-order valence-corrected chi connectivity index (χ3v) is 4.35. The molecular weight excluding hydrogens is 262 g/mol. The van der Waals surface area contributed by atoms with Gasteiger partial charge in [0, 0.05) is 25.5 Å². The monoisotopic (exact) mass is 289 g/mol. The second-order valence-electron chi connectivity index (χ2n) is 6.86. The Hall–Kier alpha value is -1.55. The maximum atomic E-state index is 12.6. The molecule has 1 aromatic carbocycles. The van der Waals surface area contributed by atoms with E-state index in [9.17, 15) is 4.79 Å². The van der Waals surface area contributed by atoms with Crippen molar-refractivity contribution in [2.24, 2.45) is 5.41 Å². The van der Waals surface area contributed by atoms with Gasteiger partial charge in [0.1, 0.15) is 0 Å². The first kappa shape index (κ1) is 15.8. The van der Waals surface area contributed by atoms with E-state index in [0.717, 1.165) is 30.8 Å². The number of piperidine rings is 1. The van der Waals surface area contributed by atoms with Crippen molar-refractivity contribution in [3.8, 4) is 0 Å². The predicted molar refractivity (Wildman–Crippen MR) is 88.9 cm³/mol. The van der Waals surface area contributed by atoms with Gasteiger partial charge < -0.3 is 15.5 Å². The molecule has 116 valence electrons. The van der Waals surface area contributed by atoms with Crippen LogP contribution in [0.25, 0.3) is 0 Å². The van der Waals surface area contributed by atoms with Crippen molar-refractivity contribution in [1.82, 2.24) is 5.32 Å². The van der Waals surface area contributed by atoms with Gasteiger partial charge in [-0.25, -0.2) is 0 Å². The molecule has 1 amide bonds. The van der Waals surface area contributed by atoms with Crippen molar-refractivity contribution in [3.05, 3.63) is 23.8 Å². The summed E-state index contributed by atoms with van der Waals surface area (Å²) in [7, 11) is 4.03. The molecule has 1 heterocycles. The number of amides is 1. The Morgan fingerprint density at radius 1 is 1.38 bits per heavy atom. The van der Waals surface area contributed by atoms with Crippen LogP contribution in [-0.2, 0) is 4.79 Å². The maximum absolute atomic E-state index is 12.6. The highest BCUT2D eigenvalue weighted by molar-refractivity contribution is 5.96. The minimum atomic E-state index is -0.129. The zero-order chi connectivity index (χ0) is 15.6. The summed E-state index contributed by atoms with van der Waals surface area (Å²) in [6.45, 7) is 7.30. The molecule has 1 aliphatic rings. The number of rotatable bonds is 3. The fourth-order valence-corrected chi connectivity index (χ4v) is 3.04. The number of aryl methyl sites for hydroxylation is 1. The average molecular weight is 289 g/mol. The van der Waals surface area contributed by atoms with Gasteiger partial charge in [-0.3, -0.25) is 4.79 Å². The van der Waals surface area contributed by atoms with Gasteiger partial charge in [-0.05, 0) is 49.4 Å². The van der Waals surface area contributed by atoms with E-state index in [1.165, 1.54) is 5.56 Å². The van der Waals surface area contributed by atoms with E-state index in [1.54, 1.807) is 0 Å². The number of carbonyl (C=O) groups is 1. The van der Waals surface area contributed by atoms with Crippen LogP contribution in [0.1, 0.15) is 32.3 Å². The van der Waals surface area contributed by atoms with Gasteiger partial charge in [-0.2, -0.15) is 0 Å². The zero-order valence-corrected chi connectivity index (χ0v) is 13.8. The molecule has 4 nitrogen and oxygen atoms in total. The zero-order valence-electron chi connectivity index (χ0n) is 13.8. The van der Waals surface area contributed by atoms with Gasteiger partial charge in [0.05, 0.1) is 6.04 Å². The fraction of sp³-hybridized carbons (Fsp3) is 0.588. The first-order chi connectivity index (χ1) is 9.81. The molecule has 21 heavy (non-hydrogen) atoms. The second-order valence-corrected chi connectivity index (χ2v) is 6.86. The summed E-state index contributed by atoms with van der Waals surface area (Å²) in [6, 6.07) is 5.92. The van der Waals surface area contributed by atoms with Crippen molar-refractivity contribution >= 4 is 17.3 Å². The molecule has 0 aliphatic carbocycles. The van der Waals surface area contributed by atoms with Crippen LogP contribution in [-0.4, -0.2) is 32.6 Å². The summed E-state index contributed by atoms with van der Waals surface area (Å²) in [5, 5.41) is 6.42. The quantitative estimate of drug-likeness (QED) is 0.899. The summed E-state index contributed by atoms with van der Waals surface area (Å²) in [4.78, 5) is 14.6. The topological polar surface area (TPSA) is 44.4 Å². The summed E-state index contributed by atoms with van der Waals surface area (Å²) in [5.41, 5.74) is 3.19. The summed E-state index contributed by atoms with van der Waals surface area (Å²) in [6.07, 6.45) is 2.21. The molecule has 2 N–H and O–H groups in total. The third kappa shape index (κ3) is 3.56. The van der Waals surface area contributed by atoms with Crippen LogP contribution >= 0.6 is 0 Å². The molecule has 0 spiro atoms. The van der Waals surface area contributed by atoms with Crippen LogP contribution in [0.3, 0.4) is 0 Å². The molecule has 2 rings (SSSR count). The van der Waals surface area contributed by atoms with E-state index in [1.807, 2.05) is 32.3 Å². The standard InChI is InChI=1S/C17H27N3O/c1-12-7-8-13(11-14(12)20(4)5)19-16(21)15-17(2,3)9-6-10-18-15/h7-8,11,15,18H,6,9-10H2,1-5H3,(H,19,21). The normalized spacial score (nSPS) is 20.9. The fourth-order valence-electron chi connectivity index (χ4n) is 3.04. The van der Waals surface area contributed by atoms with Crippen LogP contribution in [0.5, 0.6) is 0 Å². The lowest BCUT2D eigenvalue weighted by Crippen LogP contribution is -2.53. The first-order valence-electron chi connectivity index (χ1n) is 7.63. The van der Waals surface area contributed by atoms with Crippen LogP contribution in [0.2, 0.25) is 0 Å². The Balaban J connectivity index is 2.14. The number of hydrogen-bond donors (Lipinski definition) is 2. The van der Waals surface area contributed by atoms with Crippen molar-refractivity contribution < 1.29 is 4.79 Å². The molecule has 1 unspecified atom stereocenters. The highest BCUT2D eigenvalue weighted by Crippen LogP contribution is 2.31. The minimum absolute atomic E-state index is 0.00257. The van der Waals surface area contributed by atoms with E-state index in [-0.39, 0.29) is 17.4 Å². The van der Waals surface area contributed by atoms with E-state index in [0.29, 0.717) is 0 Å². The van der Waals surface area contributed by atoms with Gasteiger partial charge in [-0.1, -0.05) is 19.9 Å². The number of nitrogens with zero attached hydrogens (tertiary/aromatic N) is 1. The van der Waals surface area contributed by atoms with Gasteiger partial charge in [0.25, 0.3) is 0 Å². The van der Waals surface area contributed by atoms with Crippen molar-refractivity contribution in [3.63, 3.8) is 0 Å². The van der Waals surface area contributed by atoms with Crippen LogP contribution < -0.4 is 15.5 Å². The molecule has 1 aromatic rings. The van der Waals surface area contributed by atoms with Crippen molar-refractivity contribution in [1.29, 1.82) is 0 Å². The van der Waals surface area contributed by atoms with Gasteiger partial charge >= 0.3 is 0 Å². The molecule has 1 fully saturated rings. The Bertz CT molecular complexity index is 523. The molecule has 0 radical (unpaired) electrons. The van der Waals surface area contributed by atoms with Crippen LogP contribution in [0.4, 0.5) is 11.4 Å². The Morgan fingerprint density at radius 3 is 2.71 bits per heavy atom. The van der Waals surface area contributed by atoms with E-state index >= 15 is 0 Å². The smallest absolute Gasteiger partial charge is 0.242 e. The third-order valence-electron chi connectivity index (χ3n) is 4.35. The highest BCUT2D eigenvalue weighted by atomic mass is 16.2. The van der Waals surface area contributed by atoms with Crippen molar-refractivity contribution in [2.45, 2.75) is 39.7 Å². The van der Waals surface area contributed by atoms with E-state index in [4.69, 9.17) is 0 Å². The number of nitrogens with one attached hydrogen (secondary N) is 2. The predicted octanol–water partition coefficient (Wildman–Crippen LogP) is 2.78. The SMILES string of the molecule is Cc1ccc(NC(=O)C2NCCCC2(C)C)cc1N(C)C. The van der Waals surface area contributed by atoms with Crippen LogP contribution in [0.15, 0.2) is 18.2 Å². The molecule has 1 saturated heterocycles. The highest BCUT2D eigenvalue weighted by Gasteiger charge is 2.37. The van der Waals surface area contributed by atoms with Crippen LogP contribution in [0, 0.1) is 12.3 Å². The lowest BCUT2D eigenvalue weighted by atomic mass is 9.77. The Morgan fingerprint density at radius 2 is 2.10 bits per heavy atom. The lowest BCUT2D eigenvalue weighted by molar-refractivity contribution is -0.121. The second kappa shape index (κ2) is 6.06. The average Bonchev–Trinajstić information content (AvgIpc) is 2.40. The van der Waals surface area contributed by atoms with E-state index in [2.05, 4.69) is 36.3 Å². The Labute approximate surface area is 127 Å². The maximum Gasteiger partial charge on any atom is 0.242 e. The molecule has 4 heteroatoms. The minimum Gasteiger partial charge on any atom is -0.377 e. The molecule has 1 atom stereocenters. The molecular formula is C17H27N3O. The number of hydrogen-bond acceptors (Lipinski definition) is 3. The largest absolute Gasteiger partial charge is 0.377 e. The molecule has 0 aromatic heterocycles. The molecule has 1 aliphatic heterocycles. The van der Waals surface area contributed by atoms with Gasteiger partial charge in [-0.15, -0.1) is 0 Å². The van der Waals surface area contributed by atoms with Crippen molar-refractivity contribution in [2.75, 3.05) is 30.9 Å². The molecule has 0 saturated carbocycles. The lowest BCUT2D eigenvalue weighted by Gasteiger charge is -2.38. The van der Waals surface area contributed by atoms with Gasteiger partial charge in [0.2, 0.25) is 5.91 Å². The number of anilines is 2. The summed E-state index contributed by atoms with van der Waals surface area (Å²) in [5.74, 6) is 0.0632. The van der Waals surface area contributed by atoms with Gasteiger partial charge in [0.15, 0.2) is 0 Å². The summed E-state index contributed by atoms with van der Waals surface area (Å²) < 4.78 is 0.